The van der Waals surface area contributed by atoms with Gasteiger partial charge in [0.1, 0.15) is 17.6 Å². The summed E-state index contributed by atoms with van der Waals surface area (Å²) in [6.45, 7) is 25.4. The second kappa shape index (κ2) is 7.92. The average Bonchev–Trinajstić information content (AvgIpc) is 3.27. The Balaban J connectivity index is 1.91. The lowest BCUT2D eigenvalue weighted by molar-refractivity contribution is 0.406. The molecular formula is C28H41N7O. The third-order valence-electron chi connectivity index (χ3n) is 6.79. The van der Waals surface area contributed by atoms with Gasteiger partial charge in [0.05, 0.1) is 16.6 Å². The molecule has 4 rings (SSSR count). The number of aromatic nitrogens is 6. The third-order valence-corrected chi connectivity index (χ3v) is 6.79. The highest BCUT2D eigenvalue weighted by Gasteiger charge is 2.32. The number of aromatic amines is 1. The van der Waals surface area contributed by atoms with Crippen LogP contribution in [0, 0.1) is 6.92 Å². The highest BCUT2D eigenvalue weighted by molar-refractivity contribution is 5.85. The summed E-state index contributed by atoms with van der Waals surface area (Å²) in [5.74, 6) is 0.438. The summed E-state index contributed by atoms with van der Waals surface area (Å²) in [6.07, 6.45) is 5.84. The van der Waals surface area contributed by atoms with Crippen LogP contribution in [0.4, 0.5) is 5.95 Å². The summed E-state index contributed by atoms with van der Waals surface area (Å²) >= 11 is 0. The van der Waals surface area contributed by atoms with Crippen molar-refractivity contribution >= 4 is 28.0 Å². The van der Waals surface area contributed by atoms with Crippen molar-refractivity contribution in [3.8, 4) is 0 Å². The van der Waals surface area contributed by atoms with E-state index in [4.69, 9.17) is 4.98 Å². The molecule has 0 fully saturated rings. The van der Waals surface area contributed by atoms with Crippen molar-refractivity contribution in [3.63, 3.8) is 0 Å². The van der Waals surface area contributed by atoms with Gasteiger partial charge in [-0.2, -0.15) is 4.98 Å². The first-order valence-electron chi connectivity index (χ1n) is 12.6. The van der Waals surface area contributed by atoms with Crippen molar-refractivity contribution in [1.29, 1.82) is 0 Å². The summed E-state index contributed by atoms with van der Waals surface area (Å²) < 4.78 is 4.30. The van der Waals surface area contributed by atoms with Crippen LogP contribution < -0.4 is 10.9 Å². The Labute approximate surface area is 213 Å². The Kier molecular flexibility index (Phi) is 5.70. The number of fused-ring (bicyclic) bond motifs is 2. The molecule has 2 N–H and O–H groups in total. The van der Waals surface area contributed by atoms with Crippen LogP contribution in [-0.2, 0) is 22.0 Å². The summed E-state index contributed by atoms with van der Waals surface area (Å²) in [7, 11) is 0. The van der Waals surface area contributed by atoms with Crippen LogP contribution in [0.5, 0.6) is 0 Å². The molecule has 4 aromatic heterocycles. The Morgan fingerprint density at radius 2 is 1.33 bits per heavy atom. The summed E-state index contributed by atoms with van der Waals surface area (Å²) in [4.78, 5) is 30.5. The highest BCUT2D eigenvalue weighted by atomic mass is 16.1. The number of hydrogen-bond acceptors (Lipinski definition) is 5. The first kappa shape index (κ1) is 25.9. The molecule has 0 aromatic carbocycles. The van der Waals surface area contributed by atoms with Crippen molar-refractivity contribution in [2.45, 2.75) is 105 Å². The van der Waals surface area contributed by atoms with E-state index in [1.54, 1.807) is 6.33 Å². The fourth-order valence-corrected chi connectivity index (χ4v) is 4.83. The standard InChI is InChI=1S/C28H41N7O/c1-16-19-18(14-34(26(5,6)7)21(19)30-15-29-16)28(11,12)33-24-31-22-20(23(36)32-24)17(25(2,3)4)13-35(22)27(8,9)10/h13-15H,1-12H3,(H2,31,32,33,36). The first-order chi connectivity index (χ1) is 16.3. The van der Waals surface area contributed by atoms with E-state index in [2.05, 4.69) is 118 Å². The minimum atomic E-state index is -0.570. The SMILES string of the molecule is Cc1ncnc2c1c(C(C)(C)Nc1nc3c(c(C(C)(C)C)cn3C(C)(C)C)c(=O)[nH]1)cn2C(C)(C)C. The number of rotatable bonds is 3. The number of anilines is 1. The van der Waals surface area contributed by atoms with Crippen molar-refractivity contribution < 1.29 is 0 Å². The predicted octanol–water partition coefficient (Wildman–Crippen LogP) is 5.93. The summed E-state index contributed by atoms with van der Waals surface area (Å²) in [5, 5.41) is 5.19. The van der Waals surface area contributed by atoms with Gasteiger partial charge in [-0.05, 0) is 73.3 Å². The second-order valence-electron chi connectivity index (χ2n) is 13.4. The molecule has 36 heavy (non-hydrogen) atoms. The normalized spacial score (nSPS) is 13.7. The molecule has 0 amide bonds. The minimum Gasteiger partial charge on any atom is -0.347 e. The molecule has 8 heteroatoms. The zero-order valence-corrected chi connectivity index (χ0v) is 23.9. The molecule has 0 aliphatic heterocycles. The molecule has 0 spiro atoms. The van der Waals surface area contributed by atoms with Gasteiger partial charge < -0.3 is 14.5 Å². The topological polar surface area (TPSA) is 93.4 Å². The van der Waals surface area contributed by atoms with Crippen LogP contribution in [0.1, 0.15) is 93.0 Å². The molecule has 0 saturated heterocycles. The number of nitrogens with zero attached hydrogens (tertiary/aromatic N) is 5. The van der Waals surface area contributed by atoms with Crippen molar-refractivity contribution in [2.24, 2.45) is 0 Å². The van der Waals surface area contributed by atoms with E-state index >= 15 is 0 Å². The molecule has 0 bridgehead atoms. The Morgan fingerprint density at radius 1 is 0.778 bits per heavy atom. The molecular weight excluding hydrogens is 450 g/mol. The zero-order valence-electron chi connectivity index (χ0n) is 23.9. The number of H-pyrrole nitrogens is 1. The predicted molar refractivity (Wildman–Crippen MR) is 148 cm³/mol. The van der Waals surface area contributed by atoms with Crippen LogP contribution in [0.2, 0.25) is 0 Å². The Bertz CT molecular complexity index is 1510. The van der Waals surface area contributed by atoms with E-state index in [1.165, 1.54) is 0 Å². The Morgan fingerprint density at radius 3 is 1.89 bits per heavy atom. The Hall–Kier alpha value is -3.16. The van der Waals surface area contributed by atoms with E-state index in [1.807, 2.05) is 6.92 Å². The monoisotopic (exact) mass is 491 g/mol. The van der Waals surface area contributed by atoms with Gasteiger partial charge in [-0.25, -0.2) is 9.97 Å². The van der Waals surface area contributed by atoms with Crippen LogP contribution >= 0.6 is 0 Å². The van der Waals surface area contributed by atoms with Gasteiger partial charge in [-0.3, -0.25) is 9.78 Å². The van der Waals surface area contributed by atoms with Gasteiger partial charge >= 0.3 is 0 Å². The maximum Gasteiger partial charge on any atom is 0.262 e. The molecule has 0 radical (unpaired) electrons. The number of aryl methyl sites for hydroxylation is 1. The largest absolute Gasteiger partial charge is 0.347 e. The molecule has 4 heterocycles. The second-order valence-corrected chi connectivity index (χ2v) is 13.4. The number of nitrogens with one attached hydrogen (secondary N) is 2. The van der Waals surface area contributed by atoms with Gasteiger partial charge in [0.15, 0.2) is 0 Å². The van der Waals surface area contributed by atoms with Crippen LogP contribution in [0.3, 0.4) is 0 Å². The van der Waals surface area contributed by atoms with Crippen molar-refractivity contribution in [1.82, 2.24) is 29.1 Å². The van der Waals surface area contributed by atoms with Crippen LogP contribution in [-0.4, -0.2) is 29.1 Å². The molecule has 0 aliphatic carbocycles. The van der Waals surface area contributed by atoms with Crippen LogP contribution in [0.25, 0.3) is 22.1 Å². The minimum absolute atomic E-state index is 0.136. The lowest BCUT2D eigenvalue weighted by atomic mass is 9.87. The third kappa shape index (κ3) is 4.31. The van der Waals surface area contributed by atoms with E-state index in [0.29, 0.717) is 17.0 Å². The quantitative estimate of drug-likeness (QED) is 0.370. The average molecular weight is 492 g/mol. The van der Waals surface area contributed by atoms with Crippen molar-refractivity contribution in [2.75, 3.05) is 5.32 Å². The smallest absolute Gasteiger partial charge is 0.262 e. The molecule has 0 atom stereocenters. The maximum atomic E-state index is 13.5. The van der Waals surface area contributed by atoms with Gasteiger partial charge in [0.2, 0.25) is 5.95 Å². The summed E-state index contributed by atoms with van der Waals surface area (Å²) in [6, 6.07) is 0. The van der Waals surface area contributed by atoms with E-state index in [0.717, 1.165) is 27.9 Å². The molecule has 0 aliphatic rings. The van der Waals surface area contributed by atoms with Gasteiger partial charge in [-0.15, -0.1) is 0 Å². The zero-order chi connectivity index (χ0) is 27.0. The van der Waals surface area contributed by atoms with Gasteiger partial charge in [-0.1, -0.05) is 20.8 Å². The molecule has 4 aromatic rings. The lowest BCUT2D eigenvalue weighted by Gasteiger charge is -2.27. The van der Waals surface area contributed by atoms with Gasteiger partial charge in [0.25, 0.3) is 5.56 Å². The first-order valence-corrected chi connectivity index (χ1v) is 12.6. The van der Waals surface area contributed by atoms with E-state index < -0.39 is 5.54 Å². The molecule has 194 valence electrons. The molecule has 8 nitrogen and oxygen atoms in total. The fourth-order valence-electron chi connectivity index (χ4n) is 4.83. The highest BCUT2D eigenvalue weighted by Crippen LogP contribution is 2.36. The molecule has 0 unspecified atom stereocenters. The van der Waals surface area contributed by atoms with Crippen molar-refractivity contribution in [3.05, 3.63) is 45.9 Å². The molecule has 0 saturated carbocycles. The fraction of sp³-hybridized carbons (Fsp3) is 0.571. The van der Waals surface area contributed by atoms with E-state index in [9.17, 15) is 4.79 Å². The van der Waals surface area contributed by atoms with Crippen LogP contribution in [0.15, 0.2) is 23.5 Å². The number of hydrogen-bond donors (Lipinski definition) is 2. The maximum absolute atomic E-state index is 13.5. The van der Waals surface area contributed by atoms with Gasteiger partial charge in [0, 0.05) is 34.4 Å². The van der Waals surface area contributed by atoms with E-state index in [-0.39, 0.29) is 22.1 Å². The lowest BCUT2D eigenvalue weighted by Crippen LogP contribution is -2.31. The summed E-state index contributed by atoms with van der Waals surface area (Å²) in [5.41, 5.74) is 3.26.